The van der Waals surface area contributed by atoms with Crippen molar-refractivity contribution >= 4 is 29.2 Å². The van der Waals surface area contributed by atoms with Gasteiger partial charge in [0.1, 0.15) is 0 Å². The highest BCUT2D eigenvalue weighted by Gasteiger charge is 2.11. The van der Waals surface area contributed by atoms with Crippen LogP contribution in [0.3, 0.4) is 0 Å². The van der Waals surface area contributed by atoms with Crippen molar-refractivity contribution in [3.8, 4) is 0 Å². The summed E-state index contributed by atoms with van der Waals surface area (Å²) >= 11 is 6.01. The molecule has 2 rings (SSSR count). The molecule has 4 nitrogen and oxygen atoms in total. The Kier molecular flexibility index (Phi) is 4.95. The summed E-state index contributed by atoms with van der Waals surface area (Å²) < 4.78 is 4.93. The number of hydrogen-bond donors (Lipinski definition) is 1. The zero-order valence-corrected chi connectivity index (χ0v) is 12.2. The molecule has 0 spiro atoms. The summed E-state index contributed by atoms with van der Waals surface area (Å²) in [7, 11) is 0. The molecule has 0 aliphatic carbocycles. The molecule has 0 saturated heterocycles. The topological polar surface area (TPSA) is 55.4 Å². The minimum atomic E-state index is -0.541. The van der Waals surface area contributed by atoms with Crippen LogP contribution >= 0.6 is 11.6 Å². The second-order valence-corrected chi connectivity index (χ2v) is 4.88. The van der Waals surface area contributed by atoms with Crippen molar-refractivity contribution in [2.45, 2.75) is 6.92 Å². The number of esters is 1. The molecule has 2 aromatic rings. The highest BCUT2D eigenvalue weighted by atomic mass is 35.5. The van der Waals surface area contributed by atoms with E-state index in [1.165, 1.54) is 0 Å². The van der Waals surface area contributed by atoms with E-state index in [9.17, 15) is 9.59 Å². The summed E-state index contributed by atoms with van der Waals surface area (Å²) in [6.07, 6.45) is 0. The highest BCUT2D eigenvalue weighted by Crippen LogP contribution is 2.22. The van der Waals surface area contributed by atoms with Gasteiger partial charge in [-0.2, -0.15) is 0 Å². The van der Waals surface area contributed by atoms with Crippen LogP contribution in [0, 0.1) is 6.92 Å². The van der Waals surface area contributed by atoms with Crippen LogP contribution in [-0.4, -0.2) is 18.5 Å². The Bertz CT molecular complexity index is 656. The molecule has 0 aliphatic rings. The van der Waals surface area contributed by atoms with Crippen LogP contribution in [-0.2, 0) is 9.53 Å². The molecule has 0 aliphatic heterocycles. The van der Waals surface area contributed by atoms with Gasteiger partial charge in [0.25, 0.3) is 5.91 Å². The van der Waals surface area contributed by atoms with Crippen LogP contribution in [0.2, 0.25) is 5.02 Å². The Morgan fingerprint density at radius 2 is 1.86 bits per heavy atom. The van der Waals surface area contributed by atoms with Crippen molar-refractivity contribution in [3.63, 3.8) is 0 Å². The first kappa shape index (κ1) is 15.1. The number of amides is 1. The zero-order chi connectivity index (χ0) is 15.2. The molecule has 5 heteroatoms. The molecule has 21 heavy (non-hydrogen) atoms. The first-order valence-electron chi connectivity index (χ1n) is 6.34. The minimum Gasteiger partial charge on any atom is -0.452 e. The number of carbonyl (C=O) groups is 2. The largest absolute Gasteiger partial charge is 0.452 e. The fourth-order valence-electron chi connectivity index (χ4n) is 1.70. The van der Waals surface area contributed by atoms with Crippen LogP contribution in [0.25, 0.3) is 0 Å². The van der Waals surface area contributed by atoms with E-state index in [-0.39, 0.29) is 6.61 Å². The highest BCUT2D eigenvalue weighted by molar-refractivity contribution is 6.33. The van der Waals surface area contributed by atoms with Gasteiger partial charge in [0, 0.05) is 0 Å². The molecule has 1 amide bonds. The van der Waals surface area contributed by atoms with E-state index in [1.54, 1.807) is 42.5 Å². The lowest BCUT2D eigenvalue weighted by molar-refractivity contribution is -0.119. The molecule has 0 bridgehead atoms. The van der Waals surface area contributed by atoms with Crippen molar-refractivity contribution in [1.82, 2.24) is 0 Å². The quantitative estimate of drug-likeness (QED) is 0.880. The Hall–Kier alpha value is -2.33. The number of carbonyl (C=O) groups excluding carboxylic acids is 2. The number of rotatable bonds is 4. The van der Waals surface area contributed by atoms with Gasteiger partial charge in [0.2, 0.25) is 0 Å². The van der Waals surface area contributed by atoms with Gasteiger partial charge < -0.3 is 10.1 Å². The molecule has 108 valence electrons. The second kappa shape index (κ2) is 6.90. The smallest absolute Gasteiger partial charge is 0.338 e. The summed E-state index contributed by atoms with van der Waals surface area (Å²) in [6.45, 7) is 1.54. The molecule has 0 unspecified atom stereocenters. The fourth-order valence-corrected chi connectivity index (χ4v) is 1.98. The van der Waals surface area contributed by atoms with E-state index >= 15 is 0 Å². The van der Waals surface area contributed by atoms with Gasteiger partial charge in [0.15, 0.2) is 6.61 Å². The Morgan fingerprint density at radius 3 is 2.52 bits per heavy atom. The van der Waals surface area contributed by atoms with Gasteiger partial charge in [-0.05, 0) is 36.8 Å². The third-order valence-electron chi connectivity index (χ3n) is 2.74. The van der Waals surface area contributed by atoms with Gasteiger partial charge in [-0.1, -0.05) is 35.9 Å². The maximum absolute atomic E-state index is 11.7. The van der Waals surface area contributed by atoms with E-state index in [0.717, 1.165) is 5.56 Å². The molecule has 0 atom stereocenters. The molecule has 1 N–H and O–H groups in total. The van der Waals surface area contributed by atoms with Crippen LogP contribution in [0.1, 0.15) is 15.9 Å². The molecule has 0 fully saturated rings. The maximum atomic E-state index is 11.7. The van der Waals surface area contributed by atoms with Gasteiger partial charge in [-0.25, -0.2) is 4.79 Å². The fraction of sp³-hybridized carbons (Fsp3) is 0.125. The lowest BCUT2D eigenvalue weighted by Gasteiger charge is -2.08. The van der Waals surface area contributed by atoms with E-state index < -0.39 is 11.9 Å². The average Bonchev–Trinajstić information content (AvgIpc) is 2.48. The van der Waals surface area contributed by atoms with Gasteiger partial charge in [0.05, 0.1) is 16.3 Å². The lowest BCUT2D eigenvalue weighted by atomic mass is 10.2. The number of ether oxygens (including phenoxy) is 1. The van der Waals surface area contributed by atoms with Crippen molar-refractivity contribution < 1.29 is 14.3 Å². The van der Waals surface area contributed by atoms with E-state index in [1.807, 2.05) is 13.0 Å². The predicted molar refractivity (Wildman–Crippen MR) is 81.5 cm³/mol. The van der Waals surface area contributed by atoms with E-state index in [4.69, 9.17) is 16.3 Å². The summed E-state index contributed by atoms with van der Waals surface area (Å²) in [5.74, 6) is -0.981. The number of aryl methyl sites for hydroxylation is 1. The van der Waals surface area contributed by atoms with E-state index in [0.29, 0.717) is 16.3 Å². The van der Waals surface area contributed by atoms with Crippen molar-refractivity contribution in [3.05, 3.63) is 64.7 Å². The van der Waals surface area contributed by atoms with Crippen molar-refractivity contribution in [1.29, 1.82) is 0 Å². The molecule has 0 aromatic heterocycles. The SMILES string of the molecule is Cc1ccc(NC(=O)COC(=O)c2ccccc2)c(Cl)c1. The number of anilines is 1. The average molecular weight is 304 g/mol. The van der Waals surface area contributed by atoms with Gasteiger partial charge in [-0.3, -0.25) is 4.79 Å². The van der Waals surface area contributed by atoms with Gasteiger partial charge in [-0.15, -0.1) is 0 Å². The Balaban J connectivity index is 1.89. The first-order valence-corrected chi connectivity index (χ1v) is 6.72. The van der Waals surface area contributed by atoms with Gasteiger partial charge >= 0.3 is 5.97 Å². The first-order chi connectivity index (χ1) is 10.1. The van der Waals surface area contributed by atoms with Crippen molar-refractivity contribution in [2.75, 3.05) is 11.9 Å². The minimum absolute atomic E-state index is 0.363. The van der Waals surface area contributed by atoms with Crippen LogP contribution in [0.15, 0.2) is 48.5 Å². The summed E-state index contributed by atoms with van der Waals surface area (Å²) in [4.78, 5) is 23.4. The van der Waals surface area contributed by atoms with Crippen LogP contribution in [0.4, 0.5) is 5.69 Å². The van der Waals surface area contributed by atoms with E-state index in [2.05, 4.69) is 5.32 Å². The van der Waals surface area contributed by atoms with Crippen molar-refractivity contribution in [2.24, 2.45) is 0 Å². The third-order valence-corrected chi connectivity index (χ3v) is 3.06. The molecular formula is C16H14ClNO3. The third kappa shape index (κ3) is 4.33. The number of nitrogens with one attached hydrogen (secondary N) is 1. The molecular weight excluding hydrogens is 290 g/mol. The Morgan fingerprint density at radius 1 is 1.14 bits per heavy atom. The molecule has 0 radical (unpaired) electrons. The molecule has 0 saturated carbocycles. The summed E-state index contributed by atoms with van der Waals surface area (Å²) in [5.41, 5.74) is 1.88. The molecule has 0 heterocycles. The zero-order valence-electron chi connectivity index (χ0n) is 11.4. The molecule has 2 aromatic carbocycles. The Labute approximate surface area is 127 Å². The standard InChI is InChI=1S/C16H14ClNO3/c1-11-7-8-14(13(17)9-11)18-15(19)10-21-16(20)12-5-3-2-4-6-12/h2-9H,10H2,1H3,(H,18,19). The lowest BCUT2D eigenvalue weighted by Crippen LogP contribution is -2.21. The van der Waals surface area contributed by atoms with Crippen LogP contribution in [0.5, 0.6) is 0 Å². The van der Waals surface area contributed by atoms with Crippen LogP contribution < -0.4 is 5.32 Å². The summed E-state index contributed by atoms with van der Waals surface area (Å²) in [6, 6.07) is 13.8. The second-order valence-electron chi connectivity index (χ2n) is 4.47. The predicted octanol–water partition coefficient (Wildman–Crippen LogP) is 3.44. The maximum Gasteiger partial charge on any atom is 0.338 e. The number of hydrogen-bond acceptors (Lipinski definition) is 3. The number of halogens is 1. The number of benzene rings is 2. The summed E-state index contributed by atoms with van der Waals surface area (Å²) in [5, 5.41) is 3.04. The monoisotopic (exact) mass is 303 g/mol. The normalized spacial score (nSPS) is 10.0.